The fraction of sp³-hybridized carbons (Fsp3) is 0.333. The minimum Gasteiger partial charge on any atom is -0.366 e. The number of benzene rings is 2. The molecule has 0 unspecified atom stereocenters. The van der Waals surface area contributed by atoms with Gasteiger partial charge in [0, 0.05) is 23.1 Å². The van der Waals surface area contributed by atoms with Crippen LogP contribution in [0.4, 0.5) is 5.69 Å². The number of carbonyl (C=O) groups is 2. The minimum atomic E-state index is -0.334. The van der Waals surface area contributed by atoms with Crippen LogP contribution in [0, 0.1) is 19.8 Å². The molecule has 2 amide bonds. The molecule has 2 aliphatic rings. The van der Waals surface area contributed by atoms with Crippen molar-refractivity contribution >= 4 is 46.3 Å². The Morgan fingerprint density at radius 2 is 1.53 bits per heavy atom. The van der Waals surface area contributed by atoms with E-state index < -0.39 is 0 Å². The second-order valence-electron chi connectivity index (χ2n) is 8.28. The maximum atomic E-state index is 13.6. The van der Waals surface area contributed by atoms with Crippen LogP contribution in [0.3, 0.4) is 0 Å². The molecule has 0 bridgehead atoms. The molecule has 2 aliphatic heterocycles. The zero-order valence-electron chi connectivity index (χ0n) is 17.3. The lowest BCUT2D eigenvalue weighted by Gasteiger charge is -2.32. The number of amides is 2. The first kappa shape index (κ1) is 21.0. The zero-order chi connectivity index (χ0) is 21.6. The average molecular weight is 443 g/mol. The number of aryl methyl sites for hydroxylation is 2. The number of imide groups is 1. The molecule has 0 saturated carbocycles. The summed E-state index contributed by atoms with van der Waals surface area (Å²) in [5, 5.41) is 0.762. The molecule has 156 valence electrons. The van der Waals surface area contributed by atoms with Crippen LogP contribution < -0.4 is 4.90 Å². The number of hydrogen-bond donors (Lipinski definition) is 0. The number of carbonyl (C=O) groups excluding carboxylic acids is 2. The van der Waals surface area contributed by atoms with Crippen LogP contribution in [0.2, 0.25) is 10.0 Å². The Bertz CT molecular complexity index is 1050. The van der Waals surface area contributed by atoms with Gasteiger partial charge in [-0.2, -0.15) is 0 Å². The summed E-state index contributed by atoms with van der Waals surface area (Å²) >= 11 is 12.3. The third kappa shape index (κ3) is 3.75. The van der Waals surface area contributed by atoms with Crippen LogP contribution in [0.25, 0.3) is 5.57 Å². The summed E-state index contributed by atoms with van der Waals surface area (Å²) < 4.78 is 0. The average Bonchev–Trinajstić information content (AvgIpc) is 2.92. The molecule has 0 spiro atoms. The summed E-state index contributed by atoms with van der Waals surface area (Å²) in [4.78, 5) is 30.5. The highest BCUT2D eigenvalue weighted by Crippen LogP contribution is 2.38. The SMILES string of the molecule is Cc1ccc(C2=C(N3CCC(C)CC3)C(=O)N(c3cc(Cl)cc(Cl)c3)C2=O)c(C)c1. The second-order valence-corrected chi connectivity index (χ2v) is 9.16. The topological polar surface area (TPSA) is 40.6 Å². The van der Waals surface area contributed by atoms with E-state index in [2.05, 4.69) is 11.8 Å². The van der Waals surface area contributed by atoms with Gasteiger partial charge in [0.05, 0.1) is 11.3 Å². The van der Waals surface area contributed by atoms with Crippen LogP contribution in [0.1, 0.15) is 36.5 Å². The fourth-order valence-corrected chi connectivity index (χ4v) is 4.80. The summed E-state index contributed by atoms with van der Waals surface area (Å²) in [6.07, 6.45) is 1.99. The third-order valence-electron chi connectivity index (χ3n) is 5.92. The Morgan fingerprint density at radius 1 is 0.900 bits per heavy atom. The van der Waals surface area contributed by atoms with Gasteiger partial charge in [-0.15, -0.1) is 0 Å². The van der Waals surface area contributed by atoms with E-state index in [1.165, 1.54) is 4.90 Å². The van der Waals surface area contributed by atoms with E-state index in [1.54, 1.807) is 18.2 Å². The molecule has 2 aromatic rings. The van der Waals surface area contributed by atoms with Gasteiger partial charge in [0.1, 0.15) is 5.70 Å². The Morgan fingerprint density at radius 3 is 2.13 bits per heavy atom. The molecule has 2 aromatic carbocycles. The van der Waals surface area contributed by atoms with Gasteiger partial charge in [0.25, 0.3) is 11.8 Å². The summed E-state index contributed by atoms with van der Waals surface area (Å²) in [5.41, 5.74) is 4.21. The summed E-state index contributed by atoms with van der Waals surface area (Å²) in [6, 6.07) is 10.7. The highest BCUT2D eigenvalue weighted by Gasteiger charge is 2.43. The van der Waals surface area contributed by atoms with Crippen molar-refractivity contribution in [2.75, 3.05) is 18.0 Å². The molecule has 1 saturated heterocycles. The Hall–Kier alpha value is -2.30. The Balaban J connectivity index is 1.86. The van der Waals surface area contributed by atoms with Crippen LogP contribution in [0.15, 0.2) is 42.1 Å². The van der Waals surface area contributed by atoms with E-state index in [0.717, 1.165) is 42.6 Å². The van der Waals surface area contributed by atoms with Gasteiger partial charge in [0.2, 0.25) is 0 Å². The lowest BCUT2D eigenvalue weighted by molar-refractivity contribution is -0.120. The molecule has 0 atom stereocenters. The largest absolute Gasteiger partial charge is 0.366 e. The molecule has 0 aromatic heterocycles. The fourth-order valence-electron chi connectivity index (χ4n) is 4.28. The maximum Gasteiger partial charge on any atom is 0.282 e. The number of rotatable bonds is 3. The molecular formula is C24H24Cl2N2O2. The predicted molar refractivity (Wildman–Crippen MR) is 122 cm³/mol. The zero-order valence-corrected chi connectivity index (χ0v) is 18.8. The van der Waals surface area contributed by atoms with Crippen LogP contribution in [-0.2, 0) is 9.59 Å². The maximum absolute atomic E-state index is 13.6. The van der Waals surface area contributed by atoms with Gasteiger partial charge in [0.15, 0.2) is 0 Å². The lowest BCUT2D eigenvalue weighted by Crippen LogP contribution is -2.38. The monoisotopic (exact) mass is 442 g/mol. The number of anilines is 1. The molecule has 6 heteroatoms. The first-order chi connectivity index (χ1) is 14.3. The summed E-state index contributed by atoms with van der Waals surface area (Å²) in [6.45, 7) is 7.72. The molecule has 4 nitrogen and oxygen atoms in total. The molecule has 0 N–H and O–H groups in total. The first-order valence-corrected chi connectivity index (χ1v) is 10.9. The number of piperidine rings is 1. The smallest absolute Gasteiger partial charge is 0.282 e. The Labute approximate surface area is 187 Å². The lowest BCUT2D eigenvalue weighted by atomic mass is 9.95. The van der Waals surface area contributed by atoms with Gasteiger partial charge < -0.3 is 4.90 Å². The standard InChI is InChI=1S/C24H24Cl2N2O2/c1-14-6-8-27(9-7-14)22-21(20-5-4-15(2)10-16(20)3)23(29)28(24(22)30)19-12-17(25)11-18(26)13-19/h4-5,10-14H,6-9H2,1-3H3. The van der Waals surface area contributed by atoms with Gasteiger partial charge in [-0.05, 0) is 61.9 Å². The van der Waals surface area contributed by atoms with E-state index in [4.69, 9.17) is 23.2 Å². The van der Waals surface area contributed by atoms with Crippen molar-refractivity contribution in [3.8, 4) is 0 Å². The van der Waals surface area contributed by atoms with Crippen molar-refractivity contribution in [2.45, 2.75) is 33.6 Å². The van der Waals surface area contributed by atoms with Crippen molar-refractivity contribution in [3.63, 3.8) is 0 Å². The summed E-state index contributed by atoms with van der Waals surface area (Å²) in [7, 11) is 0. The molecule has 4 rings (SSSR count). The minimum absolute atomic E-state index is 0.317. The highest BCUT2D eigenvalue weighted by molar-refractivity contribution is 6.46. The molecular weight excluding hydrogens is 419 g/mol. The third-order valence-corrected chi connectivity index (χ3v) is 6.35. The first-order valence-electron chi connectivity index (χ1n) is 10.2. The van der Waals surface area contributed by atoms with Crippen molar-refractivity contribution in [3.05, 3.63) is 68.8 Å². The number of nitrogens with zero attached hydrogens (tertiary/aromatic N) is 2. The van der Waals surface area contributed by atoms with E-state index in [1.807, 2.05) is 32.0 Å². The van der Waals surface area contributed by atoms with Crippen molar-refractivity contribution < 1.29 is 9.59 Å². The predicted octanol–water partition coefficient (Wildman–Crippen LogP) is 5.63. The van der Waals surface area contributed by atoms with Crippen LogP contribution in [-0.4, -0.2) is 29.8 Å². The molecule has 1 fully saturated rings. The highest BCUT2D eigenvalue weighted by atomic mass is 35.5. The molecule has 2 heterocycles. The van der Waals surface area contributed by atoms with E-state index >= 15 is 0 Å². The van der Waals surface area contributed by atoms with Gasteiger partial charge >= 0.3 is 0 Å². The van der Waals surface area contributed by atoms with Gasteiger partial charge in [-0.1, -0.05) is 53.9 Å². The second kappa shape index (κ2) is 8.09. The van der Waals surface area contributed by atoms with Crippen LogP contribution >= 0.6 is 23.2 Å². The number of hydrogen-bond acceptors (Lipinski definition) is 3. The quantitative estimate of drug-likeness (QED) is 0.578. The van der Waals surface area contributed by atoms with Crippen LogP contribution in [0.5, 0.6) is 0 Å². The summed E-state index contributed by atoms with van der Waals surface area (Å²) in [5.74, 6) is -0.0387. The van der Waals surface area contributed by atoms with E-state index in [0.29, 0.717) is 32.9 Å². The van der Waals surface area contributed by atoms with E-state index in [-0.39, 0.29) is 11.8 Å². The normalized spacial score (nSPS) is 18.0. The molecule has 0 radical (unpaired) electrons. The van der Waals surface area contributed by atoms with Gasteiger partial charge in [-0.25, -0.2) is 4.90 Å². The number of likely N-dealkylation sites (tertiary alicyclic amines) is 1. The molecule has 0 aliphatic carbocycles. The van der Waals surface area contributed by atoms with E-state index in [9.17, 15) is 9.59 Å². The number of halogens is 2. The van der Waals surface area contributed by atoms with Gasteiger partial charge in [-0.3, -0.25) is 9.59 Å². The van der Waals surface area contributed by atoms with Crippen molar-refractivity contribution in [1.29, 1.82) is 0 Å². The molecule has 30 heavy (non-hydrogen) atoms. The van der Waals surface area contributed by atoms with Crippen molar-refractivity contribution in [1.82, 2.24) is 4.90 Å². The van der Waals surface area contributed by atoms with Crippen molar-refractivity contribution in [2.24, 2.45) is 5.92 Å². The Kier molecular flexibility index (Phi) is 5.65.